The monoisotopic (exact) mass is 245 g/mol. The molecule has 1 aromatic heterocycles. The highest BCUT2D eigenvalue weighted by atomic mass is 35.5. The molecule has 15 heavy (non-hydrogen) atoms. The highest BCUT2D eigenvalue weighted by molar-refractivity contribution is 5.85. The number of imidazole rings is 1. The fourth-order valence-electron chi connectivity index (χ4n) is 1.14. The summed E-state index contributed by atoms with van der Waals surface area (Å²) in [5.41, 5.74) is 2.13. The molecule has 0 saturated carbocycles. The van der Waals surface area contributed by atoms with Gasteiger partial charge in [0.25, 0.3) is 0 Å². The molecule has 0 aliphatic rings. The zero-order valence-corrected chi connectivity index (χ0v) is 9.65. The summed E-state index contributed by atoms with van der Waals surface area (Å²) in [7, 11) is 0. The van der Waals surface area contributed by atoms with E-state index in [9.17, 15) is 0 Å². The van der Waals surface area contributed by atoms with E-state index in [1.807, 2.05) is 36.5 Å². The van der Waals surface area contributed by atoms with Crippen molar-refractivity contribution in [2.45, 2.75) is 6.54 Å². The van der Waals surface area contributed by atoms with Crippen LogP contribution in [0.2, 0.25) is 0 Å². The van der Waals surface area contributed by atoms with E-state index >= 15 is 0 Å². The van der Waals surface area contributed by atoms with E-state index in [2.05, 4.69) is 15.3 Å². The van der Waals surface area contributed by atoms with Gasteiger partial charge in [-0.05, 0) is 12.1 Å². The van der Waals surface area contributed by atoms with Gasteiger partial charge < -0.3 is 10.3 Å². The Morgan fingerprint density at radius 2 is 1.87 bits per heavy atom. The van der Waals surface area contributed by atoms with Gasteiger partial charge in [0.2, 0.25) is 0 Å². The molecule has 0 fully saturated rings. The Morgan fingerprint density at radius 1 is 1.13 bits per heavy atom. The number of para-hydroxylation sites is 1. The molecule has 2 rings (SSSR count). The molecule has 0 unspecified atom stereocenters. The Kier molecular flexibility index (Phi) is 6.58. The number of nitrogens with one attached hydrogen (secondary N) is 2. The second-order valence-corrected chi connectivity index (χ2v) is 2.78. The van der Waals surface area contributed by atoms with Crippen molar-refractivity contribution in [3.8, 4) is 0 Å². The van der Waals surface area contributed by atoms with Gasteiger partial charge in [-0.15, -0.1) is 24.8 Å². The minimum absolute atomic E-state index is 0. The molecule has 0 amide bonds. The van der Waals surface area contributed by atoms with E-state index in [-0.39, 0.29) is 24.8 Å². The largest absolute Gasteiger partial charge is 0.379 e. The predicted octanol–water partition coefficient (Wildman–Crippen LogP) is 2.87. The van der Waals surface area contributed by atoms with Gasteiger partial charge in [-0.3, -0.25) is 0 Å². The van der Waals surface area contributed by atoms with Crippen molar-refractivity contribution in [1.82, 2.24) is 9.97 Å². The maximum Gasteiger partial charge on any atom is 0.0923 e. The van der Waals surface area contributed by atoms with Crippen LogP contribution in [0.1, 0.15) is 5.69 Å². The van der Waals surface area contributed by atoms with E-state index in [4.69, 9.17) is 0 Å². The van der Waals surface area contributed by atoms with Crippen LogP contribution in [0.5, 0.6) is 0 Å². The van der Waals surface area contributed by atoms with Crippen LogP contribution in [0, 0.1) is 0 Å². The Morgan fingerprint density at radius 3 is 2.47 bits per heavy atom. The van der Waals surface area contributed by atoms with Crippen molar-refractivity contribution < 1.29 is 0 Å². The van der Waals surface area contributed by atoms with Crippen LogP contribution in [-0.4, -0.2) is 9.97 Å². The highest BCUT2D eigenvalue weighted by Crippen LogP contribution is 2.06. The lowest BCUT2D eigenvalue weighted by Gasteiger charge is -2.02. The first kappa shape index (κ1) is 13.8. The molecule has 2 N–H and O–H groups in total. The molecule has 0 aliphatic heterocycles. The molecule has 0 spiro atoms. The molecule has 0 radical (unpaired) electrons. The molecule has 0 saturated heterocycles. The van der Waals surface area contributed by atoms with Crippen LogP contribution < -0.4 is 5.32 Å². The number of aromatic nitrogens is 2. The van der Waals surface area contributed by atoms with Gasteiger partial charge in [0.15, 0.2) is 0 Å². The number of aromatic amines is 1. The van der Waals surface area contributed by atoms with Gasteiger partial charge >= 0.3 is 0 Å². The summed E-state index contributed by atoms with van der Waals surface area (Å²) >= 11 is 0. The number of rotatable bonds is 3. The van der Waals surface area contributed by atoms with Crippen molar-refractivity contribution in [1.29, 1.82) is 0 Å². The van der Waals surface area contributed by atoms with E-state index in [0.29, 0.717) is 0 Å². The van der Waals surface area contributed by atoms with Crippen molar-refractivity contribution in [2.75, 3.05) is 5.32 Å². The molecule has 3 nitrogen and oxygen atoms in total. The standard InChI is InChI=1S/C10H11N3.2ClH/c1-2-4-9(5-3-1)12-7-10-6-11-8-13-10;;/h1-6,8,12H,7H2,(H,11,13);2*1H. The van der Waals surface area contributed by atoms with Gasteiger partial charge in [0, 0.05) is 11.9 Å². The summed E-state index contributed by atoms with van der Waals surface area (Å²) < 4.78 is 0. The second kappa shape index (κ2) is 7.15. The molecule has 0 aliphatic carbocycles. The van der Waals surface area contributed by atoms with Gasteiger partial charge in [-0.2, -0.15) is 0 Å². The lowest BCUT2D eigenvalue weighted by molar-refractivity contribution is 1.07. The average Bonchev–Trinajstić information content (AvgIpc) is 2.69. The number of hydrogen-bond acceptors (Lipinski definition) is 2. The van der Waals surface area contributed by atoms with E-state index < -0.39 is 0 Å². The fraction of sp³-hybridized carbons (Fsp3) is 0.100. The number of hydrogen-bond donors (Lipinski definition) is 2. The second-order valence-electron chi connectivity index (χ2n) is 2.78. The first-order chi connectivity index (χ1) is 6.45. The van der Waals surface area contributed by atoms with Gasteiger partial charge in [0.1, 0.15) is 0 Å². The number of H-pyrrole nitrogens is 1. The number of nitrogens with zero attached hydrogens (tertiary/aromatic N) is 1. The van der Waals surface area contributed by atoms with Crippen LogP contribution in [0.25, 0.3) is 0 Å². The molecule has 2 aromatic rings. The zero-order valence-electron chi connectivity index (χ0n) is 8.01. The molecule has 5 heteroatoms. The smallest absolute Gasteiger partial charge is 0.0923 e. The Labute approximate surface area is 101 Å². The summed E-state index contributed by atoms with van der Waals surface area (Å²) in [5.74, 6) is 0. The number of anilines is 1. The molecule has 1 aromatic carbocycles. The summed E-state index contributed by atoms with van der Waals surface area (Å²) in [5, 5.41) is 3.26. The summed E-state index contributed by atoms with van der Waals surface area (Å²) in [6.07, 6.45) is 3.57. The molecule has 0 atom stereocenters. The summed E-state index contributed by atoms with van der Waals surface area (Å²) in [6, 6.07) is 10.1. The Balaban J connectivity index is 0.000000980. The van der Waals surface area contributed by atoms with Crippen LogP contribution in [0.15, 0.2) is 42.9 Å². The van der Waals surface area contributed by atoms with Crippen molar-refractivity contribution in [2.24, 2.45) is 0 Å². The Hall–Kier alpha value is -1.19. The first-order valence-electron chi connectivity index (χ1n) is 4.22. The van der Waals surface area contributed by atoms with Crippen molar-refractivity contribution in [3.63, 3.8) is 0 Å². The fourth-order valence-corrected chi connectivity index (χ4v) is 1.14. The van der Waals surface area contributed by atoms with E-state index in [0.717, 1.165) is 17.9 Å². The third kappa shape index (κ3) is 4.23. The normalized spacial score (nSPS) is 8.53. The summed E-state index contributed by atoms with van der Waals surface area (Å²) in [4.78, 5) is 7.03. The van der Waals surface area contributed by atoms with Crippen LogP contribution in [0.3, 0.4) is 0 Å². The SMILES string of the molecule is Cl.Cl.c1ccc(NCc2c[nH]cn2)cc1. The molecule has 82 valence electrons. The highest BCUT2D eigenvalue weighted by Gasteiger charge is 1.93. The first-order valence-corrected chi connectivity index (χ1v) is 4.22. The predicted molar refractivity (Wildman–Crippen MR) is 66.9 cm³/mol. The van der Waals surface area contributed by atoms with Crippen LogP contribution in [0.4, 0.5) is 5.69 Å². The topological polar surface area (TPSA) is 40.7 Å². The minimum Gasteiger partial charge on any atom is -0.379 e. The molecule has 1 heterocycles. The third-order valence-corrected chi connectivity index (χ3v) is 1.80. The quantitative estimate of drug-likeness (QED) is 0.874. The number of halogens is 2. The zero-order chi connectivity index (χ0) is 8.93. The van der Waals surface area contributed by atoms with Crippen molar-refractivity contribution in [3.05, 3.63) is 48.5 Å². The number of benzene rings is 1. The average molecular weight is 246 g/mol. The minimum atomic E-state index is 0. The van der Waals surface area contributed by atoms with Crippen LogP contribution >= 0.6 is 24.8 Å². The van der Waals surface area contributed by atoms with Crippen LogP contribution in [-0.2, 0) is 6.54 Å². The maximum absolute atomic E-state index is 4.11. The lowest BCUT2D eigenvalue weighted by Crippen LogP contribution is -1.98. The van der Waals surface area contributed by atoms with Crippen molar-refractivity contribution >= 4 is 30.5 Å². The summed E-state index contributed by atoms with van der Waals surface area (Å²) in [6.45, 7) is 0.757. The van der Waals surface area contributed by atoms with Gasteiger partial charge in [-0.1, -0.05) is 18.2 Å². The van der Waals surface area contributed by atoms with E-state index in [1.165, 1.54) is 0 Å². The third-order valence-electron chi connectivity index (χ3n) is 1.80. The molecular formula is C10H13Cl2N3. The van der Waals surface area contributed by atoms with E-state index in [1.54, 1.807) is 6.33 Å². The Bertz CT molecular complexity index is 348. The van der Waals surface area contributed by atoms with Gasteiger partial charge in [-0.25, -0.2) is 4.98 Å². The van der Waals surface area contributed by atoms with Gasteiger partial charge in [0.05, 0.1) is 18.6 Å². The lowest BCUT2D eigenvalue weighted by atomic mass is 10.3. The molecular weight excluding hydrogens is 233 g/mol. The maximum atomic E-state index is 4.11. The molecule has 0 bridgehead atoms.